The van der Waals surface area contributed by atoms with Crippen LogP contribution in [0.1, 0.15) is 179 Å². The highest BCUT2D eigenvalue weighted by molar-refractivity contribution is 5.90. The molecule has 14 heteroatoms. The van der Waals surface area contributed by atoms with Crippen molar-refractivity contribution in [2.45, 2.75) is 204 Å². The van der Waals surface area contributed by atoms with Crippen LogP contribution in [-0.4, -0.2) is 145 Å². The molecule has 0 radical (unpaired) electrons. The molecule has 78 heavy (non-hydrogen) atoms. The SMILES string of the molecule is C=C(CCNC(=O)[C@H](C)[C@@H](CO)C1CCCN1C(=O)C[C@@H](CO)[C@H]([C@@H](C)CC)N(C)C(=O)[C@@H](NC(=O)[C@H](C(C)C)N(C)C)C(C)C)[C@@H]1CC[C@]2(CO)CC[C@]3(C)C(CCC4[C@@]5(C)CCC(COC=O)C(C)(C)[C@@H]5CC[C@]43C)[C@@H]12. The van der Waals surface area contributed by atoms with Gasteiger partial charge in [0.05, 0.1) is 12.6 Å². The van der Waals surface area contributed by atoms with Gasteiger partial charge in [-0.05, 0) is 178 Å². The van der Waals surface area contributed by atoms with Gasteiger partial charge in [0.2, 0.25) is 23.6 Å². The summed E-state index contributed by atoms with van der Waals surface area (Å²) in [6, 6.07) is -2.08. The second-order valence-electron chi connectivity index (χ2n) is 28.8. The van der Waals surface area contributed by atoms with E-state index in [1.165, 1.54) is 25.7 Å². The summed E-state index contributed by atoms with van der Waals surface area (Å²) >= 11 is 0. The van der Waals surface area contributed by atoms with Crippen molar-refractivity contribution in [1.29, 1.82) is 0 Å². The first-order chi connectivity index (χ1) is 36.6. The summed E-state index contributed by atoms with van der Waals surface area (Å²) < 4.78 is 5.40. The number of ether oxygens (including phenoxy) is 1. The average Bonchev–Trinajstić information content (AvgIpc) is 4.19. The molecule has 0 spiro atoms. The molecule has 0 aromatic rings. The number of nitrogens with zero attached hydrogens (tertiary/aromatic N) is 3. The molecule has 446 valence electrons. The fraction of sp³-hybridized carbons (Fsp3) is 0.891. The Labute approximate surface area is 472 Å². The summed E-state index contributed by atoms with van der Waals surface area (Å²) in [4.78, 5) is 73.2. The lowest BCUT2D eigenvalue weighted by Gasteiger charge is -2.73. The maximum atomic E-state index is 14.5. The lowest BCUT2D eigenvalue weighted by Crippen LogP contribution is -2.66. The van der Waals surface area contributed by atoms with Gasteiger partial charge in [0, 0.05) is 76.2 Å². The standard InChI is InChI=1S/C64H111N5O9/c1-17-41(6)56(68(16)59(77)54(39(2)3)66-58(76)55(40(4)5)67(14)15)44(34-70)33-52(74)69-32-18-19-49(69)47(35-71)43(8)57(75)65-31-25-42(7)46-23-28-64(37-72)30-29-62(12)48(53(46)64)20-21-51-61(11)26-22-45(36-78-38-73)60(9,10)50(61)24-27-63(51,62)13/h38-41,43-51,53-56,70-72H,7,17-37H2,1-6,8-16H3,(H,65,75)(H,66,76)/t41-,43+,44-,45?,46-,47+,48?,49?,50-,51?,53+,54-,55-,56-,61-,62+,63+,64+/m0/s1. The Hall–Kier alpha value is -3.07. The van der Waals surface area contributed by atoms with Crippen LogP contribution < -0.4 is 10.6 Å². The van der Waals surface area contributed by atoms with Crippen LogP contribution in [0.15, 0.2) is 12.2 Å². The van der Waals surface area contributed by atoms with Gasteiger partial charge in [0.25, 0.3) is 6.47 Å². The van der Waals surface area contributed by atoms with Gasteiger partial charge in [-0.15, -0.1) is 0 Å². The molecule has 0 aromatic carbocycles. The quantitative estimate of drug-likeness (QED) is 0.0437. The number of fused-ring (bicyclic) bond motifs is 7. The molecule has 0 aromatic heterocycles. The van der Waals surface area contributed by atoms with Crippen molar-refractivity contribution < 1.29 is 44.0 Å². The van der Waals surface area contributed by atoms with Crippen LogP contribution in [0.5, 0.6) is 0 Å². The van der Waals surface area contributed by atoms with Gasteiger partial charge >= 0.3 is 0 Å². The van der Waals surface area contributed by atoms with Crippen LogP contribution in [0.3, 0.4) is 0 Å². The number of likely N-dealkylation sites (tertiary alicyclic amines) is 1. The van der Waals surface area contributed by atoms with E-state index in [2.05, 4.69) is 45.3 Å². The van der Waals surface area contributed by atoms with Gasteiger partial charge in [-0.25, -0.2) is 0 Å². The molecular formula is C64H111N5O9. The van der Waals surface area contributed by atoms with E-state index in [1.54, 1.807) is 16.8 Å². The third kappa shape index (κ3) is 11.8. The van der Waals surface area contributed by atoms with Crippen LogP contribution in [0.2, 0.25) is 0 Å². The van der Waals surface area contributed by atoms with E-state index >= 15 is 0 Å². The molecule has 18 atom stereocenters. The summed E-state index contributed by atoms with van der Waals surface area (Å²) in [6.45, 7) is 32.9. The summed E-state index contributed by atoms with van der Waals surface area (Å²) in [5.74, 6) is -0.0847. The van der Waals surface area contributed by atoms with Gasteiger partial charge < -0.3 is 40.5 Å². The largest absolute Gasteiger partial charge is 0.468 e. The van der Waals surface area contributed by atoms with Crippen molar-refractivity contribution in [3.63, 3.8) is 0 Å². The number of carbonyl (C=O) groups excluding carboxylic acids is 5. The van der Waals surface area contributed by atoms with Crippen molar-refractivity contribution in [2.75, 3.05) is 60.7 Å². The van der Waals surface area contributed by atoms with Gasteiger partial charge in [-0.1, -0.05) is 102 Å². The van der Waals surface area contributed by atoms with Crippen molar-refractivity contribution in [3.8, 4) is 0 Å². The molecule has 1 heterocycles. The Morgan fingerprint density at radius 3 is 2.09 bits per heavy atom. The summed E-state index contributed by atoms with van der Waals surface area (Å²) in [7, 11) is 5.43. The van der Waals surface area contributed by atoms with Crippen molar-refractivity contribution >= 4 is 30.1 Å². The topological polar surface area (TPSA) is 189 Å². The van der Waals surface area contributed by atoms with Crippen LogP contribution in [0.4, 0.5) is 0 Å². The van der Waals surface area contributed by atoms with Crippen LogP contribution in [0, 0.1) is 98.1 Å². The number of nitrogens with one attached hydrogen (secondary N) is 2. The molecule has 0 bridgehead atoms. The average molecular weight is 1090 g/mol. The van der Waals surface area contributed by atoms with E-state index in [-0.39, 0.29) is 107 Å². The van der Waals surface area contributed by atoms with E-state index in [0.29, 0.717) is 75.0 Å². The van der Waals surface area contributed by atoms with Gasteiger partial charge in [0.15, 0.2) is 0 Å². The smallest absolute Gasteiger partial charge is 0.293 e. The molecule has 6 rings (SSSR count). The third-order valence-corrected chi connectivity index (χ3v) is 24.0. The summed E-state index contributed by atoms with van der Waals surface area (Å²) in [5.41, 5.74) is 1.64. The number of hydrogen-bond acceptors (Lipinski definition) is 10. The van der Waals surface area contributed by atoms with Crippen molar-refractivity contribution in [1.82, 2.24) is 25.3 Å². The molecule has 14 nitrogen and oxygen atoms in total. The molecule has 5 saturated carbocycles. The Bertz CT molecular complexity index is 2090. The molecule has 4 amide bonds. The van der Waals surface area contributed by atoms with Gasteiger partial charge in [-0.2, -0.15) is 0 Å². The normalized spacial score (nSPS) is 35.0. The van der Waals surface area contributed by atoms with Crippen LogP contribution in [-0.2, 0) is 28.7 Å². The minimum atomic E-state index is -0.799. The van der Waals surface area contributed by atoms with E-state index in [4.69, 9.17) is 11.3 Å². The highest BCUT2D eigenvalue weighted by atomic mass is 16.5. The number of amides is 4. The van der Waals surface area contributed by atoms with E-state index in [0.717, 1.165) is 50.5 Å². The summed E-state index contributed by atoms with van der Waals surface area (Å²) in [5, 5.41) is 39.6. The zero-order valence-electron chi connectivity index (χ0n) is 51.5. The monoisotopic (exact) mass is 1090 g/mol. The number of rotatable bonds is 25. The Morgan fingerprint density at radius 1 is 0.808 bits per heavy atom. The zero-order valence-corrected chi connectivity index (χ0v) is 51.5. The highest BCUT2D eigenvalue weighted by Crippen LogP contribution is 2.78. The number of aliphatic hydroxyl groups excluding tert-OH is 3. The molecule has 5 aliphatic carbocycles. The molecule has 4 unspecified atom stereocenters. The van der Waals surface area contributed by atoms with E-state index < -0.39 is 35.9 Å². The molecule has 6 aliphatic rings. The van der Waals surface area contributed by atoms with Crippen molar-refractivity contribution in [2.24, 2.45) is 98.1 Å². The fourth-order valence-electron chi connectivity index (χ4n) is 19.3. The first-order valence-electron chi connectivity index (χ1n) is 31.0. The molecule has 6 fully saturated rings. The second-order valence-corrected chi connectivity index (χ2v) is 28.8. The van der Waals surface area contributed by atoms with Crippen LogP contribution >= 0.6 is 0 Å². The van der Waals surface area contributed by atoms with Gasteiger partial charge in [0.1, 0.15) is 6.04 Å². The van der Waals surface area contributed by atoms with Gasteiger partial charge in [-0.3, -0.25) is 28.9 Å². The number of aliphatic hydroxyl groups is 3. The predicted octanol–water partition coefficient (Wildman–Crippen LogP) is 8.75. The minimum absolute atomic E-state index is 0.00616. The maximum absolute atomic E-state index is 14.5. The fourth-order valence-corrected chi connectivity index (χ4v) is 19.3. The summed E-state index contributed by atoms with van der Waals surface area (Å²) in [6.07, 6.45) is 13.9. The Morgan fingerprint density at radius 2 is 1.50 bits per heavy atom. The number of hydrogen-bond donors (Lipinski definition) is 5. The Kier molecular flexibility index (Phi) is 21.0. The molecule has 1 saturated heterocycles. The first kappa shape index (κ1) is 64.1. The lowest BCUT2D eigenvalue weighted by molar-refractivity contribution is -0.246. The lowest BCUT2D eigenvalue weighted by atomic mass is 9.32. The van der Waals surface area contributed by atoms with E-state index in [1.807, 2.05) is 67.5 Å². The van der Waals surface area contributed by atoms with Crippen molar-refractivity contribution in [3.05, 3.63) is 12.2 Å². The molecular weight excluding hydrogens is 983 g/mol. The molecule has 1 aliphatic heterocycles. The minimum Gasteiger partial charge on any atom is -0.468 e. The predicted molar refractivity (Wildman–Crippen MR) is 308 cm³/mol. The molecule has 5 N–H and O–H groups in total. The maximum Gasteiger partial charge on any atom is 0.293 e. The zero-order chi connectivity index (χ0) is 58.0. The van der Waals surface area contributed by atoms with E-state index in [9.17, 15) is 39.3 Å². The first-order valence-corrected chi connectivity index (χ1v) is 31.0. The third-order valence-electron chi connectivity index (χ3n) is 24.0. The second kappa shape index (κ2) is 25.6. The Balaban J connectivity index is 1.09. The highest BCUT2D eigenvalue weighted by Gasteiger charge is 2.71. The number of carbonyl (C=O) groups is 5. The van der Waals surface area contributed by atoms with Crippen LogP contribution in [0.25, 0.3) is 0 Å². The number of likely N-dealkylation sites (N-methyl/N-ethyl adjacent to an activating group) is 2.